The minimum Gasteiger partial charge on any atom is -0.414 e. The molecule has 2 aliphatic heterocycles. The Hall–Kier alpha value is 0.447. The Morgan fingerprint density at radius 2 is 1.74 bits per heavy atom. The van der Waals surface area contributed by atoms with E-state index in [-0.39, 0.29) is 27.8 Å². The van der Waals surface area contributed by atoms with Crippen molar-refractivity contribution < 1.29 is 31.2 Å². The van der Waals surface area contributed by atoms with E-state index in [4.69, 9.17) is 22.8 Å². The fourth-order valence-corrected chi connectivity index (χ4v) is 6.64. The van der Waals surface area contributed by atoms with Crippen LogP contribution in [0.15, 0.2) is 0 Å². The monoisotopic (exact) mass is 544 g/mol. The van der Waals surface area contributed by atoms with Gasteiger partial charge in [0.15, 0.2) is 14.6 Å². The topological polar surface area (TPSA) is 83.6 Å². The molecule has 2 aliphatic rings. The summed E-state index contributed by atoms with van der Waals surface area (Å²) in [5.41, 5.74) is -1.41. The molecule has 0 radical (unpaired) electrons. The van der Waals surface area contributed by atoms with Crippen molar-refractivity contribution in [2.75, 3.05) is 20.0 Å². The molecule has 0 aromatic heterocycles. The third kappa shape index (κ3) is 5.75. The smallest absolute Gasteiger partial charge is 0.264 e. The average molecular weight is 546 g/mol. The molecule has 184 valence electrons. The van der Waals surface area contributed by atoms with Crippen molar-refractivity contribution in [3.63, 3.8) is 0 Å². The lowest BCUT2D eigenvalue weighted by atomic mass is 9.81. The molecule has 2 saturated heterocycles. The van der Waals surface area contributed by atoms with Crippen LogP contribution in [0, 0.1) is 11.8 Å². The number of alkyl halides is 1. The number of methoxy groups -OCH3 is 1. The number of halogens is 1. The maximum absolute atomic E-state index is 12.2. The second-order valence-electron chi connectivity index (χ2n) is 11.1. The van der Waals surface area contributed by atoms with Crippen molar-refractivity contribution in [1.82, 2.24) is 0 Å². The van der Waals surface area contributed by atoms with Crippen molar-refractivity contribution in [2.24, 2.45) is 11.8 Å². The number of hydrogen-bond acceptors (Lipinski definition) is 7. The normalized spacial score (nSPS) is 38.8. The SMILES string of the molecule is CO[C@@H]1O[C@@](C)([C@H](OS(C)(=O)=O)[C@@H](C)[C@@H]2O[C@@]2(C)CO[Si](C)(C)C(C)(C)C)[C@H](Br)[C@H]1C. The van der Waals surface area contributed by atoms with E-state index in [1.807, 2.05) is 27.7 Å². The van der Waals surface area contributed by atoms with E-state index in [1.165, 1.54) is 0 Å². The molecule has 2 fully saturated rings. The Morgan fingerprint density at radius 3 is 2.16 bits per heavy atom. The van der Waals surface area contributed by atoms with E-state index in [1.54, 1.807) is 7.11 Å². The lowest BCUT2D eigenvalue weighted by Gasteiger charge is -2.39. The van der Waals surface area contributed by atoms with Gasteiger partial charge in [0, 0.05) is 18.9 Å². The van der Waals surface area contributed by atoms with Crippen LogP contribution in [0.5, 0.6) is 0 Å². The molecule has 10 heteroatoms. The van der Waals surface area contributed by atoms with Crippen LogP contribution in [0.4, 0.5) is 0 Å². The Balaban J connectivity index is 2.23. The molecular weight excluding hydrogens is 504 g/mol. The third-order valence-electron chi connectivity index (χ3n) is 7.31. The van der Waals surface area contributed by atoms with Gasteiger partial charge in [0.25, 0.3) is 10.1 Å². The summed E-state index contributed by atoms with van der Waals surface area (Å²) in [6.45, 7) is 19.3. The summed E-state index contributed by atoms with van der Waals surface area (Å²) in [6.07, 6.45) is -0.352. The van der Waals surface area contributed by atoms with Crippen molar-refractivity contribution in [3.05, 3.63) is 0 Å². The number of rotatable bonds is 9. The highest BCUT2D eigenvalue weighted by molar-refractivity contribution is 9.09. The van der Waals surface area contributed by atoms with Gasteiger partial charge in [-0.1, -0.05) is 50.5 Å². The number of ether oxygens (including phenoxy) is 3. The molecule has 0 unspecified atom stereocenters. The van der Waals surface area contributed by atoms with Crippen LogP contribution in [0.1, 0.15) is 48.5 Å². The van der Waals surface area contributed by atoms with Gasteiger partial charge < -0.3 is 18.6 Å². The molecule has 7 nitrogen and oxygen atoms in total. The van der Waals surface area contributed by atoms with E-state index in [0.29, 0.717) is 6.61 Å². The highest BCUT2D eigenvalue weighted by atomic mass is 79.9. The van der Waals surface area contributed by atoms with Gasteiger partial charge in [-0.25, -0.2) is 0 Å². The van der Waals surface area contributed by atoms with Gasteiger partial charge in [-0.3, -0.25) is 4.18 Å². The molecule has 0 saturated carbocycles. The number of epoxide rings is 1. The molecule has 0 amide bonds. The van der Waals surface area contributed by atoms with Gasteiger partial charge in [-0.2, -0.15) is 8.42 Å². The van der Waals surface area contributed by atoms with E-state index in [0.717, 1.165) is 6.26 Å². The first-order valence-corrected chi connectivity index (χ1v) is 16.5. The summed E-state index contributed by atoms with van der Waals surface area (Å²) in [7, 11) is -4.08. The molecule has 0 spiro atoms. The summed E-state index contributed by atoms with van der Waals surface area (Å²) in [5.74, 6) is -0.239. The van der Waals surface area contributed by atoms with E-state index >= 15 is 0 Å². The fraction of sp³-hybridized carbons (Fsp3) is 1.00. The van der Waals surface area contributed by atoms with Gasteiger partial charge >= 0.3 is 0 Å². The summed E-state index contributed by atoms with van der Waals surface area (Å²) in [6, 6.07) is 0. The molecule has 0 aromatic carbocycles. The lowest BCUT2D eigenvalue weighted by molar-refractivity contribution is -0.189. The first-order chi connectivity index (χ1) is 13.8. The highest BCUT2D eigenvalue weighted by Crippen LogP contribution is 2.51. The van der Waals surface area contributed by atoms with Crippen molar-refractivity contribution in [3.8, 4) is 0 Å². The van der Waals surface area contributed by atoms with Crippen LogP contribution in [-0.2, 0) is 32.9 Å². The summed E-state index contributed by atoms with van der Waals surface area (Å²) in [4.78, 5) is -0.160. The van der Waals surface area contributed by atoms with Crippen molar-refractivity contribution in [2.45, 2.75) is 101 Å². The van der Waals surface area contributed by atoms with E-state index in [9.17, 15) is 8.42 Å². The quantitative estimate of drug-likeness (QED) is 0.185. The van der Waals surface area contributed by atoms with E-state index in [2.05, 4.69) is 49.8 Å². The Morgan fingerprint density at radius 1 is 1.19 bits per heavy atom. The second-order valence-corrected chi connectivity index (χ2v) is 18.5. The number of hydrogen-bond donors (Lipinski definition) is 0. The molecule has 0 aliphatic carbocycles. The van der Waals surface area contributed by atoms with Crippen LogP contribution < -0.4 is 0 Å². The van der Waals surface area contributed by atoms with Gasteiger partial charge in [-0.15, -0.1) is 0 Å². The molecule has 2 rings (SSSR count). The molecular formula is C21H41BrO7SSi. The predicted octanol–water partition coefficient (Wildman–Crippen LogP) is 4.31. The van der Waals surface area contributed by atoms with Gasteiger partial charge in [0.1, 0.15) is 17.3 Å². The second kappa shape index (κ2) is 8.91. The minimum absolute atomic E-state index is 0.0151. The maximum atomic E-state index is 12.2. The first kappa shape index (κ1) is 27.7. The molecule has 31 heavy (non-hydrogen) atoms. The predicted molar refractivity (Wildman–Crippen MR) is 127 cm³/mol. The maximum Gasteiger partial charge on any atom is 0.264 e. The summed E-state index contributed by atoms with van der Waals surface area (Å²) in [5, 5.41) is 0.0982. The highest BCUT2D eigenvalue weighted by Gasteiger charge is 2.63. The molecule has 2 heterocycles. The van der Waals surface area contributed by atoms with Crippen LogP contribution in [0.3, 0.4) is 0 Å². The molecule has 0 N–H and O–H groups in total. The molecule has 0 aromatic rings. The minimum atomic E-state index is -3.73. The zero-order valence-electron chi connectivity index (χ0n) is 20.8. The standard InChI is InChI=1S/C21H41BrO7SSi/c1-13-15(22)21(7,28-18(13)25-8)17(29-30(9,23)24)14(2)16-20(6,27-16)12-26-31(10,11)19(3,4)5/h13-18H,12H2,1-11H3/t13-,14+,15-,16+,17-,18-,20+,21-/m1/s1. The molecule has 8 atom stereocenters. The molecule has 0 bridgehead atoms. The zero-order valence-corrected chi connectivity index (χ0v) is 24.2. The Bertz CT molecular complexity index is 755. The largest absolute Gasteiger partial charge is 0.414 e. The summed E-state index contributed by atoms with van der Waals surface area (Å²) < 4.78 is 54.2. The van der Waals surface area contributed by atoms with Crippen LogP contribution >= 0.6 is 15.9 Å². The Labute approximate surface area is 198 Å². The van der Waals surface area contributed by atoms with Gasteiger partial charge in [0.2, 0.25) is 0 Å². The summed E-state index contributed by atoms with van der Waals surface area (Å²) >= 11 is 3.72. The fourth-order valence-electron chi connectivity index (χ4n) is 4.20. The lowest BCUT2D eigenvalue weighted by Crippen LogP contribution is -2.53. The van der Waals surface area contributed by atoms with Crippen LogP contribution in [-0.4, -0.2) is 71.2 Å². The first-order valence-electron chi connectivity index (χ1n) is 10.8. The van der Waals surface area contributed by atoms with Gasteiger partial charge in [-0.05, 0) is 32.0 Å². The van der Waals surface area contributed by atoms with E-state index < -0.39 is 42.0 Å². The van der Waals surface area contributed by atoms with Crippen LogP contribution in [0.25, 0.3) is 0 Å². The third-order valence-corrected chi connectivity index (χ3v) is 14.1. The van der Waals surface area contributed by atoms with Crippen molar-refractivity contribution >= 4 is 34.4 Å². The Kier molecular flexibility index (Phi) is 7.95. The van der Waals surface area contributed by atoms with Crippen LogP contribution in [0.2, 0.25) is 18.1 Å². The average Bonchev–Trinajstić information content (AvgIpc) is 3.25. The van der Waals surface area contributed by atoms with Gasteiger partial charge in [0.05, 0.1) is 23.8 Å². The zero-order chi connectivity index (χ0) is 24.2. The van der Waals surface area contributed by atoms with Crippen molar-refractivity contribution in [1.29, 1.82) is 0 Å².